The normalized spacial score (nSPS) is 18.2. The summed E-state index contributed by atoms with van der Waals surface area (Å²) in [5.41, 5.74) is 0.807. The van der Waals surface area contributed by atoms with Gasteiger partial charge in [-0.2, -0.15) is 0 Å². The molecule has 2 fully saturated rings. The highest BCUT2D eigenvalue weighted by atomic mass is 16.2. The van der Waals surface area contributed by atoms with Crippen LogP contribution in [0.3, 0.4) is 0 Å². The number of likely N-dealkylation sites (tertiary alicyclic amines) is 1. The van der Waals surface area contributed by atoms with E-state index < -0.39 is 0 Å². The van der Waals surface area contributed by atoms with Crippen molar-refractivity contribution in [2.45, 2.75) is 26.2 Å². The maximum Gasteiger partial charge on any atom is 0.272 e. The number of rotatable bonds is 2. The maximum atomic E-state index is 12.7. The van der Waals surface area contributed by atoms with E-state index in [2.05, 4.69) is 4.98 Å². The van der Waals surface area contributed by atoms with Crippen LogP contribution in [-0.2, 0) is 4.79 Å². The topological polar surface area (TPSA) is 73.8 Å². The van der Waals surface area contributed by atoms with Crippen molar-refractivity contribution in [1.29, 1.82) is 0 Å². The predicted molar refractivity (Wildman–Crippen MR) is 92.1 cm³/mol. The number of amides is 3. The average molecular weight is 344 g/mol. The van der Waals surface area contributed by atoms with Gasteiger partial charge in [0.1, 0.15) is 5.69 Å². The van der Waals surface area contributed by atoms with Crippen LogP contribution in [-0.4, -0.2) is 76.7 Å². The van der Waals surface area contributed by atoms with Crippen molar-refractivity contribution < 1.29 is 14.4 Å². The molecule has 3 heterocycles. The van der Waals surface area contributed by atoms with E-state index >= 15 is 0 Å². The van der Waals surface area contributed by atoms with Crippen LogP contribution in [0.4, 0.5) is 0 Å². The Kier molecular flexibility index (Phi) is 5.31. The number of hydrogen-bond acceptors (Lipinski definition) is 4. The molecule has 3 amide bonds. The van der Waals surface area contributed by atoms with Crippen LogP contribution in [0.1, 0.15) is 47.0 Å². The number of piperidine rings is 1. The summed E-state index contributed by atoms with van der Waals surface area (Å²) in [6.07, 6.45) is 4.75. The van der Waals surface area contributed by atoms with Crippen LogP contribution in [0.5, 0.6) is 0 Å². The Hall–Kier alpha value is -2.44. The first kappa shape index (κ1) is 17.4. The molecule has 0 unspecified atom stereocenters. The van der Waals surface area contributed by atoms with Crippen molar-refractivity contribution in [3.8, 4) is 0 Å². The number of pyridine rings is 1. The van der Waals surface area contributed by atoms with E-state index in [4.69, 9.17) is 0 Å². The summed E-state index contributed by atoms with van der Waals surface area (Å²) in [4.78, 5) is 46.1. The average Bonchev–Trinajstić information content (AvgIpc) is 2.67. The van der Waals surface area contributed by atoms with Gasteiger partial charge in [0.2, 0.25) is 5.91 Å². The second-order valence-corrected chi connectivity index (χ2v) is 6.58. The fourth-order valence-electron chi connectivity index (χ4n) is 3.35. The van der Waals surface area contributed by atoms with Crippen LogP contribution < -0.4 is 0 Å². The third-order valence-electron chi connectivity index (χ3n) is 4.88. The molecule has 1 aromatic rings. The lowest BCUT2D eigenvalue weighted by atomic mass is 10.1. The maximum absolute atomic E-state index is 12.7. The molecule has 2 aliphatic rings. The van der Waals surface area contributed by atoms with E-state index in [1.165, 1.54) is 13.1 Å². The van der Waals surface area contributed by atoms with Gasteiger partial charge in [-0.25, -0.2) is 0 Å². The van der Waals surface area contributed by atoms with Crippen molar-refractivity contribution in [2.24, 2.45) is 0 Å². The summed E-state index contributed by atoms with van der Waals surface area (Å²) in [5, 5.41) is 0. The second-order valence-electron chi connectivity index (χ2n) is 6.58. The molecule has 0 radical (unpaired) electrons. The lowest BCUT2D eigenvalue weighted by Gasteiger charge is -2.34. The molecule has 0 bridgehead atoms. The molecule has 2 saturated heterocycles. The van der Waals surface area contributed by atoms with Crippen molar-refractivity contribution in [3.63, 3.8) is 0 Å². The van der Waals surface area contributed by atoms with Crippen LogP contribution in [0.25, 0.3) is 0 Å². The summed E-state index contributed by atoms with van der Waals surface area (Å²) in [7, 11) is 0. The van der Waals surface area contributed by atoms with Crippen molar-refractivity contribution in [2.75, 3.05) is 39.3 Å². The summed E-state index contributed by atoms with van der Waals surface area (Å²) in [5.74, 6) is -0.187. The lowest BCUT2D eigenvalue weighted by molar-refractivity contribution is -0.130. The highest BCUT2D eigenvalue weighted by Crippen LogP contribution is 2.15. The van der Waals surface area contributed by atoms with Crippen LogP contribution in [0, 0.1) is 0 Å². The predicted octanol–water partition coefficient (Wildman–Crippen LogP) is 1.01. The Bertz CT molecular complexity index is 662. The Morgan fingerprint density at radius 2 is 1.44 bits per heavy atom. The molecule has 0 aliphatic carbocycles. The number of hydrogen-bond donors (Lipinski definition) is 0. The SMILES string of the molecule is CC(=O)N1CCN(C(=O)c2cc(C(=O)N3CCCCC3)ccn2)CC1. The first-order chi connectivity index (χ1) is 12.1. The fraction of sp³-hybridized carbons (Fsp3) is 0.556. The van der Waals surface area contributed by atoms with E-state index in [9.17, 15) is 14.4 Å². The van der Waals surface area contributed by atoms with Gasteiger partial charge in [-0.05, 0) is 31.4 Å². The first-order valence-electron chi connectivity index (χ1n) is 8.86. The number of nitrogens with zero attached hydrogens (tertiary/aromatic N) is 4. The molecule has 134 valence electrons. The van der Waals surface area contributed by atoms with Gasteiger partial charge in [-0.3, -0.25) is 19.4 Å². The van der Waals surface area contributed by atoms with Gasteiger partial charge in [-0.15, -0.1) is 0 Å². The third-order valence-corrected chi connectivity index (χ3v) is 4.88. The van der Waals surface area contributed by atoms with E-state index in [0.717, 1.165) is 32.4 Å². The Labute approximate surface area is 147 Å². The quantitative estimate of drug-likeness (QED) is 0.803. The first-order valence-corrected chi connectivity index (χ1v) is 8.86. The molecule has 0 spiro atoms. The van der Waals surface area contributed by atoms with E-state index in [-0.39, 0.29) is 17.7 Å². The third kappa shape index (κ3) is 3.97. The summed E-state index contributed by atoms with van der Waals surface area (Å²) in [6.45, 7) is 5.14. The number of aromatic nitrogens is 1. The molecule has 7 heteroatoms. The standard InChI is InChI=1S/C18H24N4O3/c1-14(23)20-9-11-22(12-10-20)18(25)16-13-15(5-6-19-16)17(24)21-7-3-2-4-8-21/h5-6,13H,2-4,7-12H2,1H3. The number of carbonyl (C=O) groups is 3. The van der Waals surface area contributed by atoms with Gasteiger partial charge in [0.25, 0.3) is 11.8 Å². The molecule has 0 N–H and O–H groups in total. The molecule has 0 atom stereocenters. The Morgan fingerprint density at radius 1 is 0.840 bits per heavy atom. The molecular formula is C18H24N4O3. The molecular weight excluding hydrogens is 320 g/mol. The van der Waals surface area contributed by atoms with Gasteiger partial charge in [0.05, 0.1) is 0 Å². The van der Waals surface area contributed by atoms with Gasteiger partial charge < -0.3 is 14.7 Å². The highest BCUT2D eigenvalue weighted by Gasteiger charge is 2.25. The minimum Gasteiger partial charge on any atom is -0.339 e. The Balaban J connectivity index is 1.67. The van der Waals surface area contributed by atoms with E-state index in [0.29, 0.717) is 37.4 Å². The van der Waals surface area contributed by atoms with Crippen LogP contribution in [0.15, 0.2) is 18.3 Å². The van der Waals surface area contributed by atoms with Crippen molar-refractivity contribution >= 4 is 17.7 Å². The number of piperazine rings is 1. The van der Waals surface area contributed by atoms with Crippen molar-refractivity contribution in [3.05, 3.63) is 29.6 Å². The zero-order chi connectivity index (χ0) is 17.8. The summed E-state index contributed by atoms with van der Waals surface area (Å²) in [6, 6.07) is 3.26. The van der Waals surface area contributed by atoms with E-state index in [1.807, 2.05) is 4.90 Å². The molecule has 0 aromatic carbocycles. The van der Waals surface area contributed by atoms with E-state index in [1.54, 1.807) is 21.9 Å². The van der Waals surface area contributed by atoms with Crippen molar-refractivity contribution in [1.82, 2.24) is 19.7 Å². The molecule has 25 heavy (non-hydrogen) atoms. The van der Waals surface area contributed by atoms with Gasteiger partial charge >= 0.3 is 0 Å². The second kappa shape index (κ2) is 7.63. The molecule has 0 saturated carbocycles. The molecule has 3 rings (SSSR count). The summed E-state index contributed by atoms with van der Waals surface area (Å²) >= 11 is 0. The largest absolute Gasteiger partial charge is 0.339 e. The number of carbonyl (C=O) groups excluding carboxylic acids is 3. The minimum atomic E-state index is -0.184. The highest BCUT2D eigenvalue weighted by molar-refractivity contribution is 5.98. The monoisotopic (exact) mass is 344 g/mol. The smallest absolute Gasteiger partial charge is 0.272 e. The minimum absolute atomic E-state index is 0.0272. The van der Waals surface area contributed by atoms with Crippen LogP contribution >= 0.6 is 0 Å². The van der Waals surface area contributed by atoms with Gasteiger partial charge in [0.15, 0.2) is 0 Å². The fourth-order valence-corrected chi connectivity index (χ4v) is 3.35. The molecule has 7 nitrogen and oxygen atoms in total. The lowest BCUT2D eigenvalue weighted by Crippen LogP contribution is -2.50. The summed E-state index contributed by atoms with van der Waals surface area (Å²) < 4.78 is 0. The van der Waals surface area contributed by atoms with Crippen LogP contribution in [0.2, 0.25) is 0 Å². The van der Waals surface area contributed by atoms with Gasteiger partial charge in [0, 0.05) is 58.0 Å². The molecule has 2 aliphatic heterocycles. The Morgan fingerprint density at radius 3 is 2.08 bits per heavy atom. The zero-order valence-corrected chi connectivity index (χ0v) is 14.6. The molecule has 1 aromatic heterocycles. The zero-order valence-electron chi connectivity index (χ0n) is 14.6. The van der Waals surface area contributed by atoms with Gasteiger partial charge in [-0.1, -0.05) is 0 Å².